The van der Waals surface area contributed by atoms with Gasteiger partial charge in [-0.25, -0.2) is 4.57 Å². The summed E-state index contributed by atoms with van der Waals surface area (Å²) in [5.41, 5.74) is 0.703. The smallest absolute Gasteiger partial charge is 0.459 e. The van der Waals surface area contributed by atoms with Gasteiger partial charge in [-0.05, 0) is 52.0 Å². The molecule has 0 spiro atoms. The Morgan fingerprint density at radius 1 is 1.33 bits per heavy atom. The summed E-state index contributed by atoms with van der Waals surface area (Å²) in [7, 11) is -4.59. The van der Waals surface area contributed by atoms with Gasteiger partial charge in [0, 0.05) is 17.7 Å². The monoisotopic (exact) mass is 559 g/mol. The fraction of sp³-hybridized carbons (Fsp3) is 0.522. The van der Waals surface area contributed by atoms with E-state index < -0.39 is 56.8 Å². The van der Waals surface area contributed by atoms with Gasteiger partial charge >= 0.3 is 13.7 Å². The van der Waals surface area contributed by atoms with E-state index in [1.165, 1.54) is 23.6 Å². The fourth-order valence-corrected chi connectivity index (χ4v) is 5.26. The van der Waals surface area contributed by atoms with Crippen LogP contribution in [0.1, 0.15) is 42.2 Å². The number of benzene rings is 1. The first-order valence-corrected chi connectivity index (χ1v) is 13.7. The molecule has 0 bridgehead atoms. The molecule has 1 unspecified atom stereocenters. The number of carbonyl (C=O) groups is 1. The number of ether oxygens (including phenoxy) is 2. The molecule has 3 rings (SSSR count). The topological polar surface area (TPSA) is 124 Å². The molecule has 1 aromatic carbocycles. The molecule has 36 heavy (non-hydrogen) atoms. The van der Waals surface area contributed by atoms with E-state index in [2.05, 4.69) is 10.1 Å². The highest BCUT2D eigenvalue weighted by Crippen LogP contribution is 2.46. The first kappa shape index (κ1) is 25.7. The van der Waals surface area contributed by atoms with Crippen LogP contribution in [0.4, 0.5) is 0 Å². The molecule has 1 saturated heterocycles. The number of H-pyrrole nitrogens is 1. The average Bonchev–Trinajstić information content (AvgIpc) is 3.11. The lowest BCUT2D eigenvalue weighted by atomic mass is 10.0. The summed E-state index contributed by atoms with van der Waals surface area (Å²) in [6.45, 7) is 5.28. The molecule has 0 radical (unpaired) electrons. The van der Waals surface area contributed by atoms with Crippen LogP contribution in [0.15, 0.2) is 36.5 Å². The van der Waals surface area contributed by atoms with Gasteiger partial charge in [-0.15, -0.1) is 0 Å². The predicted molar refractivity (Wildman–Crippen MR) is 139 cm³/mol. The summed E-state index contributed by atoms with van der Waals surface area (Å²) < 4.78 is 55.3. The van der Waals surface area contributed by atoms with Crippen molar-refractivity contribution < 1.29 is 35.7 Å². The van der Waals surface area contributed by atoms with Crippen LogP contribution < -0.4 is 9.61 Å². The van der Waals surface area contributed by atoms with Crippen molar-refractivity contribution in [1.29, 1.82) is 0 Å². The molecule has 198 valence electrons. The third kappa shape index (κ3) is 7.10. The summed E-state index contributed by atoms with van der Waals surface area (Å²) in [6.07, 6.45) is -2.64. The van der Waals surface area contributed by atoms with Crippen LogP contribution in [0.3, 0.4) is 0 Å². The van der Waals surface area contributed by atoms with E-state index >= 15 is 0 Å². The number of nitrogens with zero attached hydrogens (tertiary/aromatic N) is 1. The van der Waals surface area contributed by atoms with Gasteiger partial charge < -0.3 is 24.1 Å². The highest BCUT2D eigenvalue weighted by atomic mass is 32.1. The van der Waals surface area contributed by atoms with E-state index in [0.717, 1.165) is 0 Å². The van der Waals surface area contributed by atoms with Crippen molar-refractivity contribution in [2.24, 2.45) is 5.92 Å². The molecule has 1 aliphatic heterocycles. The number of aromatic nitrogens is 2. The molecule has 10 nitrogen and oxygen atoms in total. The molecular weight excluding hydrogens is 525 g/mol. The van der Waals surface area contributed by atoms with Crippen molar-refractivity contribution in [1.82, 2.24) is 14.6 Å². The number of aryl methyl sites for hydroxylation is 1. The number of para-hydroxylation sites is 1. The van der Waals surface area contributed by atoms with Crippen LogP contribution >= 0.6 is 32.2 Å². The van der Waals surface area contributed by atoms with Crippen LogP contribution in [0.5, 0.6) is 5.75 Å². The van der Waals surface area contributed by atoms with Gasteiger partial charge in [0.2, 0.25) is 0 Å². The van der Waals surface area contributed by atoms with Gasteiger partial charge in [0.05, 0.1) is 21.5 Å². The Labute approximate surface area is 223 Å². The summed E-state index contributed by atoms with van der Waals surface area (Å²) in [5, 5.41) is 13.4. The van der Waals surface area contributed by atoms with Crippen LogP contribution in [0.2, 0.25) is 0 Å². The van der Waals surface area contributed by atoms with Crippen LogP contribution in [-0.2, 0) is 23.4 Å². The standard InChI is InChI=1S/C23H32N3O7PS2/c1-13(2)31-22(28)16(5)25-34(29,33-17-9-7-6-8-10-17)30-12-18-19(27)15(4)21(32-18)26-11-14(3)20(35)24-23(26)36/h6-11,13,15-16,18-19,21,27H,12H2,1-5H3,(H,25,29)(H,24,35,36)/t15-,16+,18+,19?,21+,34+/m1/s1/i12D2. The number of hydrogen-bond acceptors (Lipinski definition) is 9. The van der Waals surface area contributed by atoms with Gasteiger partial charge in [-0.3, -0.25) is 13.9 Å². The molecule has 2 heterocycles. The van der Waals surface area contributed by atoms with E-state index in [9.17, 15) is 14.5 Å². The van der Waals surface area contributed by atoms with Gasteiger partial charge in [-0.2, -0.15) is 5.09 Å². The minimum Gasteiger partial charge on any atom is -0.462 e. The Balaban J connectivity index is 1.90. The molecular formula is C23H32N3O7PS2. The summed E-state index contributed by atoms with van der Waals surface area (Å²) in [4.78, 5) is 15.3. The highest BCUT2D eigenvalue weighted by molar-refractivity contribution is 7.72. The van der Waals surface area contributed by atoms with E-state index in [1.54, 1.807) is 52.1 Å². The molecule has 0 saturated carbocycles. The molecule has 3 N–H and O–H groups in total. The van der Waals surface area contributed by atoms with Crippen molar-refractivity contribution in [3.8, 4) is 5.75 Å². The minimum atomic E-state index is -4.59. The Hall–Kier alpha value is -1.92. The maximum absolute atomic E-state index is 13.9. The Morgan fingerprint density at radius 2 is 2.00 bits per heavy atom. The first-order valence-electron chi connectivity index (χ1n) is 12.3. The second-order valence-electron chi connectivity index (χ2n) is 8.72. The fourth-order valence-electron chi connectivity index (χ4n) is 3.43. The largest absolute Gasteiger partial charge is 0.462 e. The molecule has 1 fully saturated rings. The molecule has 2 aromatic rings. The normalized spacial score (nSPS) is 25.5. The lowest BCUT2D eigenvalue weighted by Gasteiger charge is -2.25. The molecule has 6 atom stereocenters. The summed E-state index contributed by atoms with van der Waals surface area (Å²) in [5.74, 6) is -1.28. The highest BCUT2D eigenvalue weighted by Gasteiger charge is 2.44. The van der Waals surface area contributed by atoms with E-state index in [4.69, 9.17) is 45.7 Å². The zero-order valence-corrected chi connectivity index (χ0v) is 23.1. The van der Waals surface area contributed by atoms with Crippen molar-refractivity contribution in [3.05, 3.63) is 51.5 Å². The number of carbonyl (C=O) groups excluding carboxylic acids is 1. The summed E-state index contributed by atoms with van der Waals surface area (Å²) >= 11 is 10.6. The van der Waals surface area contributed by atoms with E-state index in [0.29, 0.717) is 10.2 Å². The molecule has 1 aromatic heterocycles. The first-order chi connectivity index (χ1) is 17.6. The van der Waals surface area contributed by atoms with Gasteiger partial charge in [0.15, 0.2) is 4.77 Å². The number of aliphatic hydroxyl groups excluding tert-OH is 1. The summed E-state index contributed by atoms with van der Waals surface area (Å²) in [6, 6.07) is 6.76. The SMILES string of the molecule is [2H]C([2H])(O[P@@](=O)(N[C@@H](C)C(=O)OC(C)C)Oc1ccccc1)[C@@H]1O[C@H](n2cc(C)c(=S)[nH]c2=S)[C@H](C)C1O. The van der Waals surface area contributed by atoms with Crippen LogP contribution in [-0.4, -0.2) is 51.5 Å². The maximum Gasteiger partial charge on any atom is 0.459 e. The van der Waals surface area contributed by atoms with E-state index in [1.807, 2.05) is 0 Å². The van der Waals surface area contributed by atoms with Crippen molar-refractivity contribution in [2.75, 3.05) is 6.56 Å². The third-order valence-corrected chi connectivity index (χ3v) is 7.56. The minimum absolute atomic E-state index is 0.101. The lowest BCUT2D eigenvalue weighted by Crippen LogP contribution is -2.37. The molecule has 13 heteroatoms. The number of esters is 1. The second kappa shape index (κ2) is 12.1. The van der Waals surface area contributed by atoms with E-state index in [-0.39, 0.29) is 10.5 Å². The number of rotatable bonds is 10. The third-order valence-electron chi connectivity index (χ3n) is 5.32. The second-order valence-corrected chi connectivity index (χ2v) is 11.1. The zero-order chi connectivity index (χ0) is 28.4. The van der Waals surface area contributed by atoms with Gasteiger partial charge in [-0.1, -0.05) is 37.3 Å². The Bertz CT molecular complexity index is 1310. The van der Waals surface area contributed by atoms with Crippen LogP contribution in [0.25, 0.3) is 0 Å². The molecule has 1 aliphatic rings. The van der Waals surface area contributed by atoms with Gasteiger partial charge in [0.1, 0.15) is 28.8 Å². The number of aliphatic hydroxyl groups is 1. The number of hydrogen-bond donors (Lipinski definition) is 3. The average molecular weight is 560 g/mol. The number of aromatic amines is 1. The quantitative estimate of drug-likeness (QED) is 0.216. The lowest BCUT2D eigenvalue weighted by molar-refractivity contribution is -0.149. The van der Waals surface area contributed by atoms with Gasteiger partial charge in [0.25, 0.3) is 0 Å². The van der Waals surface area contributed by atoms with Crippen molar-refractivity contribution >= 4 is 38.2 Å². The Morgan fingerprint density at radius 3 is 2.64 bits per heavy atom. The van der Waals surface area contributed by atoms with Crippen molar-refractivity contribution in [2.45, 2.75) is 65.2 Å². The van der Waals surface area contributed by atoms with Crippen LogP contribution in [0, 0.1) is 22.3 Å². The molecule has 0 amide bonds. The Kier molecular flexibility index (Phi) is 8.63. The zero-order valence-electron chi connectivity index (χ0n) is 22.5. The number of nitrogens with one attached hydrogen (secondary N) is 2. The predicted octanol–water partition coefficient (Wildman–Crippen LogP) is 4.61. The van der Waals surface area contributed by atoms with Crippen molar-refractivity contribution in [3.63, 3.8) is 0 Å². The maximum atomic E-state index is 13.9. The molecule has 0 aliphatic carbocycles.